The first-order valence-corrected chi connectivity index (χ1v) is 5.29. The lowest BCUT2D eigenvalue weighted by Gasteiger charge is -2.03. The predicted molar refractivity (Wildman–Crippen MR) is 66.4 cm³/mol. The molecule has 1 rings (SSSR count). The van der Waals surface area contributed by atoms with Crippen LogP contribution in [0.3, 0.4) is 0 Å². The van der Waals surface area contributed by atoms with Gasteiger partial charge in [0.15, 0.2) is 0 Å². The Balaban J connectivity index is 0.000000921. The largest absolute Gasteiger partial charge is 0.192 e. The molecule has 1 nitrogen and oxygen atoms in total. The zero-order valence-electron chi connectivity index (χ0n) is 10.3. The minimum atomic E-state index is 0.713. The molecule has 1 aromatic rings. The molecule has 15 heavy (non-hydrogen) atoms. The number of nitriles is 1. The van der Waals surface area contributed by atoms with Crippen molar-refractivity contribution in [3.05, 3.63) is 41.0 Å². The zero-order valence-corrected chi connectivity index (χ0v) is 10.3. The van der Waals surface area contributed by atoms with Gasteiger partial charge in [-0.05, 0) is 44.0 Å². The Bertz CT molecular complexity index is 359. The normalized spacial score (nSPS) is 8.27. The quantitative estimate of drug-likeness (QED) is 0.660. The topological polar surface area (TPSA) is 23.8 Å². The molecule has 0 atom stereocenters. The van der Waals surface area contributed by atoms with Crippen LogP contribution < -0.4 is 0 Å². The van der Waals surface area contributed by atoms with E-state index in [2.05, 4.69) is 26.8 Å². The minimum Gasteiger partial charge on any atom is -0.192 e. The summed E-state index contributed by atoms with van der Waals surface area (Å²) in [6.45, 7) is 10.3. The van der Waals surface area contributed by atoms with Crippen LogP contribution in [-0.4, -0.2) is 0 Å². The molecule has 80 valence electrons. The Morgan fingerprint density at radius 1 is 1.00 bits per heavy atom. The molecule has 0 saturated carbocycles. The molecule has 0 N–H and O–H groups in total. The van der Waals surface area contributed by atoms with Crippen molar-refractivity contribution in [3.63, 3.8) is 0 Å². The van der Waals surface area contributed by atoms with Crippen molar-refractivity contribution in [2.45, 2.75) is 34.6 Å². The average molecular weight is 201 g/mol. The van der Waals surface area contributed by atoms with Crippen molar-refractivity contribution in [2.75, 3.05) is 0 Å². The lowest BCUT2D eigenvalue weighted by atomic mass is 10.0. The maximum Gasteiger partial charge on any atom is 0.0991 e. The van der Waals surface area contributed by atoms with Crippen molar-refractivity contribution in [3.8, 4) is 6.07 Å². The Kier molecular flexibility index (Phi) is 6.13. The SMILES string of the molecule is CC.CC(C)=C(C)c1ccc(C#N)cc1. The van der Waals surface area contributed by atoms with E-state index in [1.807, 2.05) is 38.1 Å². The predicted octanol–water partition coefficient (Wildman–Crippen LogP) is 4.40. The van der Waals surface area contributed by atoms with E-state index in [-0.39, 0.29) is 0 Å². The highest BCUT2D eigenvalue weighted by Gasteiger charge is 1.97. The fourth-order valence-corrected chi connectivity index (χ4v) is 1.08. The molecule has 0 aliphatic heterocycles. The van der Waals surface area contributed by atoms with E-state index < -0.39 is 0 Å². The summed E-state index contributed by atoms with van der Waals surface area (Å²) in [5.41, 5.74) is 4.50. The first-order chi connectivity index (χ1) is 7.15. The van der Waals surface area contributed by atoms with Gasteiger partial charge in [0.1, 0.15) is 0 Å². The van der Waals surface area contributed by atoms with Gasteiger partial charge in [-0.25, -0.2) is 0 Å². The third-order valence-electron chi connectivity index (χ3n) is 2.20. The second kappa shape index (κ2) is 6.84. The number of nitrogens with zero attached hydrogens (tertiary/aromatic N) is 1. The second-order valence-corrected chi connectivity index (χ2v) is 3.31. The molecule has 0 saturated heterocycles. The average Bonchev–Trinajstić information content (AvgIpc) is 2.31. The van der Waals surface area contributed by atoms with E-state index in [1.54, 1.807) is 0 Å². The lowest BCUT2D eigenvalue weighted by molar-refractivity contribution is 1.36. The number of allylic oxidation sites excluding steroid dienone is 2. The fourth-order valence-electron chi connectivity index (χ4n) is 1.08. The van der Waals surface area contributed by atoms with E-state index in [4.69, 9.17) is 5.26 Å². The van der Waals surface area contributed by atoms with E-state index >= 15 is 0 Å². The molecule has 0 spiro atoms. The van der Waals surface area contributed by atoms with E-state index in [0.717, 1.165) is 0 Å². The second-order valence-electron chi connectivity index (χ2n) is 3.31. The summed E-state index contributed by atoms with van der Waals surface area (Å²) in [5.74, 6) is 0. The van der Waals surface area contributed by atoms with Gasteiger partial charge in [-0.3, -0.25) is 0 Å². The van der Waals surface area contributed by atoms with Gasteiger partial charge >= 0.3 is 0 Å². The van der Waals surface area contributed by atoms with Crippen molar-refractivity contribution >= 4 is 5.57 Å². The molecule has 0 aliphatic rings. The van der Waals surface area contributed by atoms with E-state index in [1.165, 1.54) is 16.7 Å². The van der Waals surface area contributed by atoms with Gasteiger partial charge in [0.05, 0.1) is 11.6 Å². The third-order valence-corrected chi connectivity index (χ3v) is 2.20. The Morgan fingerprint density at radius 3 is 1.80 bits per heavy atom. The summed E-state index contributed by atoms with van der Waals surface area (Å²) < 4.78 is 0. The molecule has 0 aromatic heterocycles. The lowest BCUT2D eigenvalue weighted by Crippen LogP contribution is -1.82. The summed E-state index contributed by atoms with van der Waals surface area (Å²) in [7, 11) is 0. The maximum atomic E-state index is 8.61. The number of hydrogen-bond donors (Lipinski definition) is 0. The molecule has 0 radical (unpaired) electrons. The van der Waals surface area contributed by atoms with Crippen LogP contribution in [-0.2, 0) is 0 Å². The highest BCUT2D eigenvalue weighted by molar-refractivity contribution is 5.66. The molecule has 0 aliphatic carbocycles. The van der Waals surface area contributed by atoms with Crippen LogP contribution in [0.25, 0.3) is 5.57 Å². The van der Waals surface area contributed by atoms with Gasteiger partial charge in [-0.2, -0.15) is 5.26 Å². The highest BCUT2D eigenvalue weighted by atomic mass is 14.2. The zero-order chi connectivity index (χ0) is 11.8. The highest BCUT2D eigenvalue weighted by Crippen LogP contribution is 2.17. The van der Waals surface area contributed by atoms with Crippen LogP contribution in [0.1, 0.15) is 45.7 Å². The molecule has 1 heteroatoms. The van der Waals surface area contributed by atoms with Crippen LogP contribution in [0.5, 0.6) is 0 Å². The molecule has 1 aromatic carbocycles. The summed E-state index contributed by atoms with van der Waals surface area (Å²) >= 11 is 0. The summed E-state index contributed by atoms with van der Waals surface area (Å²) in [5, 5.41) is 8.61. The van der Waals surface area contributed by atoms with Crippen LogP contribution in [0.15, 0.2) is 29.8 Å². The number of hydrogen-bond acceptors (Lipinski definition) is 1. The summed E-state index contributed by atoms with van der Waals surface area (Å²) in [6, 6.07) is 9.78. The maximum absolute atomic E-state index is 8.61. The third kappa shape index (κ3) is 3.99. The van der Waals surface area contributed by atoms with Crippen LogP contribution in [0.2, 0.25) is 0 Å². The van der Waals surface area contributed by atoms with Gasteiger partial charge in [0.2, 0.25) is 0 Å². The summed E-state index contributed by atoms with van der Waals surface area (Å²) in [4.78, 5) is 0. The Morgan fingerprint density at radius 2 is 1.47 bits per heavy atom. The molecular weight excluding hydrogens is 182 g/mol. The first kappa shape index (κ1) is 13.4. The van der Waals surface area contributed by atoms with Gasteiger partial charge in [0, 0.05) is 0 Å². The van der Waals surface area contributed by atoms with Crippen LogP contribution in [0, 0.1) is 11.3 Å². The first-order valence-electron chi connectivity index (χ1n) is 5.29. The van der Waals surface area contributed by atoms with Crippen LogP contribution in [0.4, 0.5) is 0 Å². The number of benzene rings is 1. The van der Waals surface area contributed by atoms with Gasteiger partial charge in [0.25, 0.3) is 0 Å². The number of rotatable bonds is 1. The summed E-state index contributed by atoms with van der Waals surface area (Å²) in [6.07, 6.45) is 0. The van der Waals surface area contributed by atoms with Gasteiger partial charge < -0.3 is 0 Å². The Hall–Kier alpha value is -1.55. The standard InChI is InChI=1S/C12H13N.C2H6/c1-9(2)10(3)12-6-4-11(8-13)5-7-12;1-2/h4-7H,1-3H3;1-2H3. The molecule has 0 fully saturated rings. The van der Waals surface area contributed by atoms with Crippen molar-refractivity contribution in [2.24, 2.45) is 0 Å². The van der Waals surface area contributed by atoms with Crippen molar-refractivity contribution in [1.29, 1.82) is 5.26 Å². The van der Waals surface area contributed by atoms with E-state index in [0.29, 0.717) is 5.56 Å². The monoisotopic (exact) mass is 201 g/mol. The smallest absolute Gasteiger partial charge is 0.0991 e. The Labute approximate surface area is 93.1 Å². The molecule has 0 unspecified atom stereocenters. The molecule has 0 bridgehead atoms. The van der Waals surface area contributed by atoms with E-state index in [9.17, 15) is 0 Å². The molecule has 0 amide bonds. The minimum absolute atomic E-state index is 0.713. The fraction of sp³-hybridized carbons (Fsp3) is 0.357. The van der Waals surface area contributed by atoms with Gasteiger partial charge in [-0.1, -0.05) is 31.6 Å². The van der Waals surface area contributed by atoms with Crippen LogP contribution >= 0.6 is 0 Å². The molecule has 0 heterocycles. The van der Waals surface area contributed by atoms with Gasteiger partial charge in [-0.15, -0.1) is 0 Å². The molecular formula is C14H19N. The van der Waals surface area contributed by atoms with Crippen molar-refractivity contribution in [1.82, 2.24) is 0 Å². The van der Waals surface area contributed by atoms with Crippen molar-refractivity contribution < 1.29 is 0 Å².